The molecule has 0 saturated carbocycles. The highest BCUT2D eigenvalue weighted by atomic mass is 32.1. The predicted molar refractivity (Wildman–Crippen MR) is 106 cm³/mol. The van der Waals surface area contributed by atoms with Gasteiger partial charge in [-0.25, -0.2) is 0 Å². The fourth-order valence-corrected chi connectivity index (χ4v) is 2.61. The second-order valence-electron chi connectivity index (χ2n) is 6.44. The van der Waals surface area contributed by atoms with Crippen LogP contribution >= 0.6 is 12.2 Å². The van der Waals surface area contributed by atoms with Gasteiger partial charge in [-0.15, -0.1) is 0 Å². The summed E-state index contributed by atoms with van der Waals surface area (Å²) in [5, 5.41) is 11.6. The molecule has 0 aliphatic rings. The van der Waals surface area contributed by atoms with E-state index in [4.69, 9.17) is 17.0 Å². The highest BCUT2D eigenvalue weighted by molar-refractivity contribution is 7.71. The average molecular weight is 366 g/mol. The number of nitrogens with zero attached hydrogens (tertiary/aromatic N) is 3. The molecule has 3 aromatic rings. The standard InChI is InChI=1S/C20H22N4OS/c1-15(2)14-25-18-10-6-9-17(11-18)13-21-24-19(22-23-20(24)26)12-16-7-4-3-5-8-16/h3-11,13,15H,12,14H2,1-2H3,(H,23,26)/b21-13-. The van der Waals surface area contributed by atoms with Crippen molar-refractivity contribution in [1.82, 2.24) is 14.9 Å². The molecule has 5 nitrogen and oxygen atoms in total. The number of ether oxygens (including phenoxy) is 1. The van der Waals surface area contributed by atoms with Gasteiger partial charge in [0.1, 0.15) is 5.75 Å². The molecule has 2 aromatic carbocycles. The van der Waals surface area contributed by atoms with Crippen molar-refractivity contribution in [2.24, 2.45) is 11.0 Å². The molecule has 1 heterocycles. The van der Waals surface area contributed by atoms with Crippen LogP contribution in [0.1, 0.15) is 30.8 Å². The smallest absolute Gasteiger partial charge is 0.216 e. The summed E-state index contributed by atoms with van der Waals surface area (Å²) in [7, 11) is 0. The first-order valence-electron chi connectivity index (χ1n) is 8.59. The van der Waals surface area contributed by atoms with Gasteiger partial charge in [-0.1, -0.05) is 56.3 Å². The SMILES string of the molecule is CC(C)COc1cccc(/C=N\n2c(Cc3ccccc3)n[nH]c2=S)c1. The second kappa shape index (κ2) is 8.58. The van der Waals surface area contributed by atoms with Crippen LogP contribution in [0.5, 0.6) is 5.75 Å². The van der Waals surface area contributed by atoms with Crippen molar-refractivity contribution in [3.63, 3.8) is 0 Å². The van der Waals surface area contributed by atoms with Gasteiger partial charge in [0.05, 0.1) is 12.8 Å². The Balaban J connectivity index is 1.78. The molecule has 0 saturated heterocycles. The number of nitrogens with one attached hydrogen (secondary N) is 1. The summed E-state index contributed by atoms with van der Waals surface area (Å²) in [6, 6.07) is 18.0. The Kier molecular flexibility index (Phi) is 5.96. The third-order valence-corrected chi connectivity index (χ3v) is 3.95. The van der Waals surface area contributed by atoms with E-state index in [1.165, 1.54) is 0 Å². The molecule has 0 amide bonds. The van der Waals surface area contributed by atoms with Crippen LogP contribution in [0.25, 0.3) is 0 Å². The maximum atomic E-state index is 5.76. The molecule has 3 rings (SSSR count). The van der Waals surface area contributed by atoms with Crippen molar-refractivity contribution in [3.8, 4) is 5.75 Å². The zero-order valence-electron chi connectivity index (χ0n) is 14.9. The molecule has 1 N–H and O–H groups in total. The minimum absolute atomic E-state index is 0.472. The zero-order chi connectivity index (χ0) is 18.4. The van der Waals surface area contributed by atoms with E-state index in [0.717, 1.165) is 22.7 Å². The van der Waals surface area contributed by atoms with E-state index in [0.29, 0.717) is 23.7 Å². The minimum atomic E-state index is 0.472. The molecule has 26 heavy (non-hydrogen) atoms. The molecule has 6 heteroatoms. The number of hydrogen-bond donors (Lipinski definition) is 1. The number of aromatic amines is 1. The summed E-state index contributed by atoms with van der Waals surface area (Å²) in [4.78, 5) is 0. The first-order valence-corrected chi connectivity index (χ1v) is 9.00. The Labute approximate surface area is 158 Å². The van der Waals surface area contributed by atoms with Gasteiger partial charge < -0.3 is 4.74 Å². The van der Waals surface area contributed by atoms with Crippen molar-refractivity contribution < 1.29 is 4.74 Å². The summed E-state index contributed by atoms with van der Waals surface area (Å²) in [5.74, 6) is 2.09. The number of H-pyrrole nitrogens is 1. The van der Waals surface area contributed by atoms with Gasteiger partial charge in [-0.3, -0.25) is 5.10 Å². The van der Waals surface area contributed by atoms with Crippen LogP contribution in [-0.4, -0.2) is 27.7 Å². The van der Waals surface area contributed by atoms with Gasteiger partial charge in [0.2, 0.25) is 4.77 Å². The summed E-state index contributed by atoms with van der Waals surface area (Å²) < 4.78 is 7.89. The Morgan fingerprint density at radius 2 is 2.00 bits per heavy atom. The van der Waals surface area contributed by atoms with Crippen LogP contribution in [0.3, 0.4) is 0 Å². The van der Waals surface area contributed by atoms with E-state index < -0.39 is 0 Å². The molecule has 0 bridgehead atoms. The highest BCUT2D eigenvalue weighted by Gasteiger charge is 2.06. The van der Waals surface area contributed by atoms with E-state index in [-0.39, 0.29) is 0 Å². The Morgan fingerprint density at radius 3 is 2.77 bits per heavy atom. The third kappa shape index (κ3) is 4.89. The Bertz CT molecular complexity index is 928. The van der Waals surface area contributed by atoms with E-state index >= 15 is 0 Å². The summed E-state index contributed by atoms with van der Waals surface area (Å²) in [6.07, 6.45) is 2.42. The van der Waals surface area contributed by atoms with E-state index in [1.54, 1.807) is 10.9 Å². The predicted octanol–water partition coefficient (Wildman–Crippen LogP) is 4.45. The lowest BCUT2D eigenvalue weighted by Gasteiger charge is -2.08. The van der Waals surface area contributed by atoms with Crippen LogP contribution < -0.4 is 4.74 Å². The Hall–Kier alpha value is -2.73. The topological polar surface area (TPSA) is 55.2 Å². The monoisotopic (exact) mass is 366 g/mol. The molecule has 134 valence electrons. The normalized spacial score (nSPS) is 11.3. The Morgan fingerprint density at radius 1 is 1.19 bits per heavy atom. The molecule has 0 unspecified atom stereocenters. The lowest BCUT2D eigenvalue weighted by Crippen LogP contribution is -2.04. The molecular formula is C20H22N4OS. The van der Waals surface area contributed by atoms with Crippen LogP contribution in [0.4, 0.5) is 0 Å². The van der Waals surface area contributed by atoms with E-state index in [1.807, 2.05) is 42.5 Å². The van der Waals surface area contributed by atoms with E-state index in [9.17, 15) is 0 Å². The fraction of sp³-hybridized carbons (Fsp3) is 0.250. The van der Waals surface area contributed by atoms with Gasteiger partial charge in [0.15, 0.2) is 5.82 Å². The van der Waals surface area contributed by atoms with Gasteiger partial charge >= 0.3 is 0 Å². The fourth-order valence-electron chi connectivity index (χ4n) is 2.41. The van der Waals surface area contributed by atoms with Crippen LogP contribution in [0.2, 0.25) is 0 Å². The van der Waals surface area contributed by atoms with Gasteiger partial charge in [0, 0.05) is 6.42 Å². The quantitative estimate of drug-likeness (QED) is 0.496. The largest absolute Gasteiger partial charge is 0.493 e. The molecule has 0 aliphatic carbocycles. The van der Waals surface area contributed by atoms with Crippen molar-refractivity contribution in [2.75, 3.05) is 6.61 Å². The average Bonchev–Trinajstić information content (AvgIpc) is 2.99. The molecule has 0 fully saturated rings. The molecule has 0 aliphatic heterocycles. The van der Waals surface area contributed by atoms with Gasteiger partial charge in [-0.05, 0) is 41.4 Å². The number of aromatic nitrogens is 3. The summed E-state index contributed by atoms with van der Waals surface area (Å²) in [5.41, 5.74) is 2.10. The summed E-state index contributed by atoms with van der Waals surface area (Å²) >= 11 is 5.31. The lowest BCUT2D eigenvalue weighted by molar-refractivity contribution is 0.271. The van der Waals surface area contributed by atoms with Crippen molar-refractivity contribution in [3.05, 3.63) is 76.3 Å². The maximum absolute atomic E-state index is 5.76. The zero-order valence-corrected chi connectivity index (χ0v) is 15.7. The van der Waals surface area contributed by atoms with Gasteiger partial charge in [-0.2, -0.15) is 14.9 Å². The van der Waals surface area contributed by atoms with Crippen LogP contribution in [-0.2, 0) is 6.42 Å². The van der Waals surface area contributed by atoms with Crippen molar-refractivity contribution >= 4 is 18.4 Å². The minimum Gasteiger partial charge on any atom is -0.493 e. The molecule has 0 spiro atoms. The highest BCUT2D eigenvalue weighted by Crippen LogP contribution is 2.14. The molecule has 0 atom stereocenters. The van der Waals surface area contributed by atoms with Crippen molar-refractivity contribution in [2.45, 2.75) is 20.3 Å². The number of benzene rings is 2. The summed E-state index contributed by atoms with van der Waals surface area (Å²) in [6.45, 7) is 4.94. The van der Waals surface area contributed by atoms with Crippen LogP contribution in [0, 0.1) is 10.7 Å². The van der Waals surface area contributed by atoms with Crippen LogP contribution in [0.15, 0.2) is 59.7 Å². The first-order chi connectivity index (χ1) is 12.6. The molecule has 0 radical (unpaired) electrons. The third-order valence-electron chi connectivity index (χ3n) is 3.69. The second-order valence-corrected chi connectivity index (χ2v) is 6.83. The maximum Gasteiger partial charge on any atom is 0.216 e. The number of rotatable bonds is 7. The first kappa shape index (κ1) is 18.1. The lowest BCUT2D eigenvalue weighted by atomic mass is 10.1. The molecular weight excluding hydrogens is 344 g/mol. The molecule has 1 aromatic heterocycles. The number of hydrogen-bond acceptors (Lipinski definition) is 4. The van der Waals surface area contributed by atoms with Crippen molar-refractivity contribution in [1.29, 1.82) is 0 Å². The van der Waals surface area contributed by atoms with E-state index in [2.05, 4.69) is 41.3 Å². The van der Waals surface area contributed by atoms with Gasteiger partial charge in [0.25, 0.3) is 0 Å².